The Morgan fingerprint density at radius 1 is 1.22 bits per heavy atom. The molecule has 96 valence electrons. The molecule has 1 aliphatic rings. The predicted molar refractivity (Wildman–Crippen MR) is 74.8 cm³/mol. The number of benzene rings is 1. The van der Waals surface area contributed by atoms with Crippen LogP contribution in [0.1, 0.15) is 44.6 Å². The van der Waals surface area contributed by atoms with Gasteiger partial charge in [0.25, 0.3) is 0 Å². The summed E-state index contributed by atoms with van der Waals surface area (Å²) < 4.78 is 0.983. The number of hydrogen-bond acceptors (Lipinski definition) is 2. The first kappa shape index (κ1) is 13.6. The van der Waals surface area contributed by atoms with Crippen LogP contribution >= 0.6 is 15.9 Å². The molecule has 1 aromatic carbocycles. The lowest BCUT2D eigenvalue weighted by molar-refractivity contribution is -0.0634. The highest BCUT2D eigenvalue weighted by Gasteiger charge is 2.49. The summed E-state index contributed by atoms with van der Waals surface area (Å²) in [6.45, 7) is 1.78. The van der Waals surface area contributed by atoms with E-state index in [2.05, 4.69) is 22.0 Å². The van der Waals surface area contributed by atoms with Gasteiger partial charge in [-0.05, 0) is 37.5 Å². The SMILES string of the molecule is CC(O)(c1ccc(Br)cc1)C1(C#N)CCCCC1. The van der Waals surface area contributed by atoms with E-state index < -0.39 is 11.0 Å². The standard InChI is InChI=1S/C15H18BrNO/c1-14(18,12-5-7-13(16)8-6-12)15(11-17)9-3-2-4-10-15/h5-8,18H,2-4,9-10H2,1H3. The van der Waals surface area contributed by atoms with Crippen LogP contribution in [0.2, 0.25) is 0 Å². The molecule has 0 radical (unpaired) electrons. The van der Waals surface area contributed by atoms with Crippen LogP contribution in [0.15, 0.2) is 28.7 Å². The van der Waals surface area contributed by atoms with E-state index >= 15 is 0 Å². The summed E-state index contributed by atoms with van der Waals surface area (Å²) in [6, 6.07) is 10.0. The molecular weight excluding hydrogens is 290 g/mol. The molecule has 2 nitrogen and oxygen atoms in total. The average Bonchev–Trinajstić information content (AvgIpc) is 2.40. The Morgan fingerprint density at radius 3 is 2.28 bits per heavy atom. The lowest BCUT2D eigenvalue weighted by Crippen LogP contribution is -2.44. The van der Waals surface area contributed by atoms with Crippen LogP contribution in [-0.4, -0.2) is 5.11 Å². The smallest absolute Gasteiger partial charge is 0.105 e. The van der Waals surface area contributed by atoms with Crippen molar-refractivity contribution in [2.24, 2.45) is 5.41 Å². The highest BCUT2D eigenvalue weighted by Crippen LogP contribution is 2.49. The molecule has 0 saturated heterocycles. The van der Waals surface area contributed by atoms with Gasteiger partial charge in [-0.25, -0.2) is 0 Å². The van der Waals surface area contributed by atoms with Crippen molar-refractivity contribution in [1.82, 2.24) is 0 Å². The van der Waals surface area contributed by atoms with Crippen LogP contribution in [0.3, 0.4) is 0 Å². The van der Waals surface area contributed by atoms with E-state index in [1.807, 2.05) is 24.3 Å². The molecule has 0 spiro atoms. The Kier molecular flexibility index (Phi) is 3.79. The molecule has 0 aliphatic heterocycles. The molecule has 0 aromatic heterocycles. The van der Waals surface area contributed by atoms with Gasteiger partial charge >= 0.3 is 0 Å². The van der Waals surface area contributed by atoms with Crippen molar-refractivity contribution in [3.8, 4) is 6.07 Å². The third-order valence-corrected chi connectivity index (χ3v) is 4.79. The van der Waals surface area contributed by atoms with Crippen LogP contribution < -0.4 is 0 Å². The molecule has 0 bridgehead atoms. The third kappa shape index (κ3) is 2.20. The lowest BCUT2D eigenvalue weighted by Gasteiger charge is -2.43. The van der Waals surface area contributed by atoms with E-state index in [0.717, 1.165) is 35.7 Å². The quantitative estimate of drug-likeness (QED) is 0.892. The van der Waals surface area contributed by atoms with Gasteiger partial charge in [0.2, 0.25) is 0 Å². The normalized spacial score (nSPS) is 21.9. The fourth-order valence-electron chi connectivity index (χ4n) is 2.91. The molecule has 2 rings (SSSR count). The van der Waals surface area contributed by atoms with Crippen molar-refractivity contribution in [2.75, 3.05) is 0 Å². The Morgan fingerprint density at radius 2 is 1.78 bits per heavy atom. The van der Waals surface area contributed by atoms with Gasteiger partial charge in [0.05, 0.1) is 11.5 Å². The Balaban J connectivity index is 2.39. The minimum atomic E-state index is -1.08. The molecule has 1 saturated carbocycles. The minimum absolute atomic E-state index is 0.640. The lowest BCUT2D eigenvalue weighted by atomic mass is 9.62. The maximum Gasteiger partial charge on any atom is 0.105 e. The summed E-state index contributed by atoms with van der Waals surface area (Å²) in [5, 5.41) is 20.5. The maximum atomic E-state index is 10.9. The fraction of sp³-hybridized carbons (Fsp3) is 0.533. The van der Waals surface area contributed by atoms with Crippen LogP contribution in [0.4, 0.5) is 0 Å². The van der Waals surface area contributed by atoms with Crippen LogP contribution in [-0.2, 0) is 5.60 Å². The molecule has 1 aromatic rings. The number of nitriles is 1. The van der Waals surface area contributed by atoms with Crippen LogP contribution in [0, 0.1) is 16.7 Å². The summed E-state index contributed by atoms with van der Waals surface area (Å²) in [4.78, 5) is 0. The summed E-state index contributed by atoms with van der Waals surface area (Å²) in [6.07, 6.45) is 4.79. The van der Waals surface area contributed by atoms with Crippen molar-refractivity contribution in [3.05, 3.63) is 34.3 Å². The number of halogens is 1. The zero-order valence-corrected chi connectivity index (χ0v) is 12.2. The molecule has 1 unspecified atom stereocenters. The zero-order chi connectivity index (χ0) is 13.2. The Hall–Kier alpha value is -0.850. The monoisotopic (exact) mass is 307 g/mol. The van der Waals surface area contributed by atoms with Crippen LogP contribution in [0.25, 0.3) is 0 Å². The van der Waals surface area contributed by atoms with E-state index in [4.69, 9.17) is 0 Å². The number of nitrogens with zero attached hydrogens (tertiary/aromatic N) is 1. The van der Waals surface area contributed by atoms with Gasteiger partial charge in [0.15, 0.2) is 0 Å². The fourth-order valence-corrected chi connectivity index (χ4v) is 3.18. The van der Waals surface area contributed by atoms with E-state index in [1.165, 1.54) is 6.42 Å². The third-order valence-electron chi connectivity index (χ3n) is 4.26. The predicted octanol–water partition coefficient (Wildman–Crippen LogP) is 4.13. The van der Waals surface area contributed by atoms with Crippen molar-refractivity contribution >= 4 is 15.9 Å². The van der Waals surface area contributed by atoms with Crippen molar-refractivity contribution in [2.45, 2.75) is 44.6 Å². The van der Waals surface area contributed by atoms with Gasteiger partial charge < -0.3 is 5.11 Å². The van der Waals surface area contributed by atoms with Crippen LogP contribution in [0.5, 0.6) is 0 Å². The highest BCUT2D eigenvalue weighted by atomic mass is 79.9. The van der Waals surface area contributed by atoms with E-state index in [1.54, 1.807) is 6.92 Å². The molecule has 1 aliphatic carbocycles. The Bertz CT molecular complexity index is 452. The van der Waals surface area contributed by atoms with Gasteiger partial charge in [-0.1, -0.05) is 47.3 Å². The van der Waals surface area contributed by atoms with Gasteiger partial charge in [-0.15, -0.1) is 0 Å². The van der Waals surface area contributed by atoms with Gasteiger partial charge in [0, 0.05) is 4.47 Å². The van der Waals surface area contributed by atoms with E-state index in [9.17, 15) is 10.4 Å². The number of aliphatic hydroxyl groups is 1. The minimum Gasteiger partial charge on any atom is -0.384 e. The second-order valence-corrected chi connectivity index (χ2v) is 6.25. The van der Waals surface area contributed by atoms with Gasteiger partial charge in [-0.2, -0.15) is 5.26 Å². The molecule has 0 heterocycles. The van der Waals surface area contributed by atoms with E-state index in [0.29, 0.717) is 0 Å². The molecule has 1 N–H and O–H groups in total. The topological polar surface area (TPSA) is 44.0 Å². The number of hydrogen-bond donors (Lipinski definition) is 1. The first-order chi connectivity index (χ1) is 8.52. The average molecular weight is 308 g/mol. The highest BCUT2D eigenvalue weighted by molar-refractivity contribution is 9.10. The molecule has 3 heteroatoms. The van der Waals surface area contributed by atoms with Crippen molar-refractivity contribution in [3.63, 3.8) is 0 Å². The number of rotatable bonds is 2. The van der Waals surface area contributed by atoms with Crippen molar-refractivity contribution in [1.29, 1.82) is 5.26 Å². The molecule has 1 atom stereocenters. The van der Waals surface area contributed by atoms with E-state index in [-0.39, 0.29) is 0 Å². The summed E-state index contributed by atoms with van der Waals surface area (Å²) in [5.74, 6) is 0. The zero-order valence-electron chi connectivity index (χ0n) is 10.6. The van der Waals surface area contributed by atoms with Crippen molar-refractivity contribution < 1.29 is 5.11 Å². The molecule has 1 fully saturated rings. The summed E-state index contributed by atoms with van der Waals surface area (Å²) >= 11 is 3.39. The molecule has 0 amide bonds. The largest absolute Gasteiger partial charge is 0.384 e. The molecule has 18 heavy (non-hydrogen) atoms. The van der Waals surface area contributed by atoms with Gasteiger partial charge in [-0.3, -0.25) is 0 Å². The summed E-state index contributed by atoms with van der Waals surface area (Å²) in [5.41, 5.74) is -0.892. The Labute approximate surface area is 117 Å². The summed E-state index contributed by atoms with van der Waals surface area (Å²) in [7, 11) is 0. The molecular formula is C15H18BrNO. The second-order valence-electron chi connectivity index (χ2n) is 5.33. The van der Waals surface area contributed by atoms with Gasteiger partial charge in [0.1, 0.15) is 5.60 Å². The second kappa shape index (κ2) is 5.03. The first-order valence-electron chi connectivity index (χ1n) is 6.41. The first-order valence-corrected chi connectivity index (χ1v) is 7.21. The maximum absolute atomic E-state index is 10.9.